The minimum atomic E-state index is 0.878. The zero-order valence-corrected chi connectivity index (χ0v) is 3.91. The van der Waals surface area contributed by atoms with Crippen LogP contribution < -0.4 is 0 Å². The van der Waals surface area contributed by atoms with Crippen molar-refractivity contribution in [1.29, 1.82) is 5.41 Å². The van der Waals surface area contributed by atoms with Crippen molar-refractivity contribution in [3.05, 3.63) is 0 Å². The first-order chi connectivity index (χ1) is 2.39. The number of hydrogen-bond acceptors (Lipinski definition) is 1. The Morgan fingerprint density at radius 2 is 2.20 bits per heavy atom. The van der Waals surface area contributed by atoms with Gasteiger partial charge in [0.1, 0.15) is 0 Å². The van der Waals surface area contributed by atoms with Crippen molar-refractivity contribution in [2.45, 2.75) is 6.42 Å². The molecule has 1 rings (SSSR count). The van der Waals surface area contributed by atoms with E-state index in [0.29, 0.717) is 0 Å². The van der Waals surface area contributed by atoms with Crippen LogP contribution in [0.1, 0.15) is 6.42 Å². The van der Waals surface area contributed by atoms with Crippen LogP contribution in [0.5, 0.6) is 0 Å². The lowest BCUT2D eigenvalue weighted by Crippen LogP contribution is -2.00. The van der Waals surface area contributed by atoms with E-state index in [-0.39, 0.29) is 0 Å². The normalized spacial score (nSPS) is 26.8. The Morgan fingerprint density at radius 1 is 1.80 bits per heavy atom. The van der Waals surface area contributed by atoms with Crippen LogP contribution in [0.3, 0.4) is 0 Å². The Kier molecular flexibility index (Phi) is 0.698. The Morgan fingerprint density at radius 3 is 2.20 bits per heavy atom. The molecule has 0 aromatic heterocycles. The largest absolute Gasteiger partial charge is 0.305 e. The van der Waals surface area contributed by atoms with E-state index in [2.05, 4.69) is 0 Å². The molecule has 0 aromatic carbocycles. The molecule has 2 heteroatoms. The highest BCUT2D eigenvalue weighted by atomic mass is 31.1. The molecule has 1 saturated heterocycles. The minimum Gasteiger partial charge on any atom is -0.305 e. The molecule has 1 aliphatic rings. The van der Waals surface area contributed by atoms with Crippen LogP contribution >= 0.6 is 8.58 Å². The summed E-state index contributed by atoms with van der Waals surface area (Å²) in [7, 11) is 0.878. The van der Waals surface area contributed by atoms with Crippen LogP contribution in [0.2, 0.25) is 0 Å². The monoisotopic (exact) mass is 87.0 g/mol. The molecule has 1 atom stereocenters. The van der Waals surface area contributed by atoms with E-state index >= 15 is 0 Å². The molecule has 1 fully saturated rings. The van der Waals surface area contributed by atoms with Gasteiger partial charge in [0.05, 0.1) is 0 Å². The van der Waals surface area contributed by atoms with Gasteiger partial charge >= 0.3 is 0 Å². The first kappa shape index (κ1) is 3.30. The predicted octanol–water partition coefficient (Wildman–Crippen LogP) is 1.05. The maximum absolute atomic E-state index is 6.84. The summed E-state index contributed by atoms with van der Waals surface area (Å²) in [6, 6.07) is 0. The van der Waals surface area contributed by atoms with Gasteiger partial charge in [0.15, 0.2) is 0 Å². The molecule has 5 heavy (non-hydrogen) atoms. The van der Waals surface area contributed by atoms with Gasteiger partial charge in [-0.05, 0) is 12.6 Å². The van der Waals surface area contributed by atoms with E-state index in [0.717, 1.165) is 20.5 Å². The molecule has 0 spiro atoms. The summed E-state index contributed by atoms with van der Waals surface area (Å²) in [5, 5.41) is 6.84. The lowest BCUT2D eigenvalue weighted by molar-refractivity contribution is 1.25. The SMILES string of the molecule is N=C1CCP1. The average Bonchev–Trinajstić information content (AvgIpc) is 1.30. The van der Waals surface area contributed by atoms with Crippen molar-refractivity contribution >= 4 is 14.0 Å². The van der Waals surface area contributed by atoms with Crippen molar-refractivity contribution in [2.75, 3.05) is 6.16 Å². The maximum atomic E-state index is 6.84. The maximum Gasteiger partial charge on any atom is 0.0291 e. The second kappa shape index (κ2) is 1.06. The predicted molar refractivity (Wildman–Crippen MR) is 25.5 cm³/mol. The molecule has 1 heterocycles. The Balaban J connectivity index is 2.32. The Labute approximate surface area is 33.1 Å². The van der Waals surface area contributed by atoms with Gasteiger partial charge in [-0.15, -0.1) is 0 Å². The van der Waals surface area contributed by atoms with Crippen molar-refractivity contribution in [2.24, 2.45) is 0 Å². The third-order valence-corrected chi connectivity index (χ3v) is 1.89. The molecule has 0 aromatic rings. The zero-order valence-electron chi connectivity index (χ0n) is 2.91. The second-order valence-electron chi connectivity index (χ2n) is 1.16. The van der Waals surface area contributed by atoms with Gasteiger partial charge in [0.2, 0.25) is 0 Å². The number of rotatable bonds is 0. The summed E-state index contributed by atoms with van der Waals surface area (Å²) in [6.07, 6.45) is 2.37. The van der Waals surface area contributed by atoms with Crippen LogP contribution in [0, 0.1) is 5.41 Å². The molecule has 1 N–H and O–H groups in total. The molecule has 1 nitrogen and oxygen atoms in total. The smallest absolute Gasteiger partial charge is 0.0291 e. The molecule has 0 amide bonds. The first-order valence-electron chi connectivity index (χ1n) is 1.71. The van der Waals surface area contributed by atoms with Crippen molar-refractivity contribution in [3.63, 3.8) is 0 Å². The second-order valence-corrected chi connectivity index (χ2v) is 2.61. The van der Waals surface area contributed by atoms with Gasteiger partial charge in [-0.3, -0.25) is 0 Å². The van der Waals surface area contributed by atoms with E-state index in [9.17, 15) is 0 Å². The van der Waals surface area contributed by atoms with Crippen LogP contribution in [0.25, 0.3) is 0 Å². The molecule has 0 bridgehead atoms. The van der Waals surface area contributed by atoms with Crippen molar-refractivity contribution in [3.8, 4) is 0 Å². The van der Waals surface area contributed by atoms with Crippen LogP contribution in [-0.4, -0.2) is 11.6 Å². The summed E-state index contributed by atoms with van der Waals surface area (Å²) in [5.74, 6) is 0. The van der Waals surface area contributed by atoms with Gasteiger partial charge in [-0.25, -0.2) is 0 Å². The van der Waals surface area contributed by atoms with E-state index in [1.807, 2.05) is 0 Å². The van der Waals surface area contributed by atoms with Gasteiger partial charge < -0.3 is 5.41 Å². The molecule has 0 saturated carbocycles. The van der Waals surface area contributed by atoms with Crippen molar-refractivity contribution in [1.82, 2.24) is 0 Å². The van der Waals surface area contributed by atoms with E-state index in [4.69, 9.17) is 5.41 Å². The number of hydrogen-bond donors (Lipinski definition) is 1. The highest BCUT2D eigenvalue weighted by Crippen LogP contribution is 2.26. The average molecular weight is 87.1 g/mol. The molecule has 1 aliphatic heterocycles. The molecule has 0 radical (unpaired) electrons. The highest BCUT2D eigenvalue weighted by molar-refractivity contribution is 7.61. The third-order valence-electron chi connectivity index (χ3n) is 0.713. The van der Waals surface area contributed by atoms with Gasteiger partial charge in [0.25, 0.3) is 0 Å². The lowest BCUT2D eigenvalue weighted by atomic mass is 10.5. The van der Waals surface area contributed by atoms with Gasteiger partial charge in [0, 0.05) is 5.45 Å². The molecular weight excluding hydrogens is 81.0 g/mol. The summed E-state index contributed by atoms with van der Waals surface area (Å²) in [6.45, 7) is 0. The zero-order chi connectivity index (χ0) is 3.70. The van der Waals surface area contributed by atoms with Crippen LogP contribution in [0.4, 0.5) is 0 Å². The molecule has 1 unspecified atom stereocenters. The number of nitrogens with one attached hydrogen (secondary N) is 1. The summed E-state index contributed by atoms with van der Waals surface area (Å²) in [4.78, 5) is 0. The summed E-state index contributed by atoms with van der Waals surface area (Å²) >= 11 is 0. The molecular formula is C3H6NP. The molecule has 0 aliphatic carbocycles. The minimum absolute atomic E-state index is 0.878. The topological polar surface area (TPSA) is 23.9 Å². The Hall–Kier alpha value is 0.100. The van der Waals surface area contributed by atoms with Crippen LogP contribution in [0.15, 0.2) is 0 Å². The van der Waals surface area contributed by atoms with Crippen molar-refractivity contribution < 1.29 is 0 Å². The first-order valence-corrected chi connectivity index (χ1v) is 2.91. The van der Waals surface area contributed by atoms with E-state index < -0.39 is 0 Å². The standard InChI is InChI=1S/C3H6NP/c4-3-1-2-5-3/h4-5H,1-2H2. The fourth-order valence-electron chi connectivity index (χ4n) is 0.250. The summed E-state index contributed by atoms with van der Waals surface area (Å²) < 4.78 is 0. The highest BCUT2D eigenvalue weighted by Gasteiger charge is 2.04. The van der Waals surface area contributed by atoms with Gasteiger partial charge in [-0.2, -0.15) is 0 Å². The fourth-order valence-corrected chi connectivity index (χ4v) is 0.750. The van der Waals surface area contributed by atoms with E-state index in [1.165, 1.54) is 6.16 Å². The molecule has 28 valence electrons. The fraction of sp³-hybridized carbons (Fsp3) is 0.667. The lowest BCUT2D eigenvalue weighted by Gasteiger charge is -2.09. The van der Waals surface area contributed by atoms with Crippen LogP contribution in [-0.2, 0) is 0 Å². The Bertz CT molecular complexity index is 53.9. The quantitative estimate of drug-likeness (QED) is 0.427. The third kappa shape index (κ3) is 0.486. The van der Waals surface area contributed by atoms with Gasteiger partial charge in [-0.1, -0.05) is 8.58 Å². The summed E-state index contributed by atoms with van der Waals surface area (Å²) in [5.41, 5.74) is 0.963. The van der Waals surface area contributed by atoms with E-state index in [1.54, 1.807) is 0 Å².